The van der Waals surface area contributed by atoms with Gasteiger partial charge in [0.1, 0.15) is 0 Å². The zero-order valence-electron chi connectivity index (χ0n) is 14.3. The van der Waals surface area contributed by atoms with E-state index in [1.54, 1.807) is 25.7 Å². The van der Waals surface area contributed by atoms with Crippen molar-refractivity contribution in [1.29, 1.82) is 0 Å². The number of hydrogen-bond donors (Lipinski definition) is 0. The van der Waals surface area contributed by atoms with E-state index in [0.29, 0.717) is 10.8 Å². The summed E-state index contributed by atoms with van der Waals surface area (Å²) in [5.74, 6) is 5.09. The molecule has 0 nitrogen and oxygen atoms in total. The van der Waals surface area contributed by atoms with Gasteiger partial charge in [-0.15, -0.1) is 0 Å². The van der Waals surface area contributed by atoms with Crippen LogP contribution in [0.5, 0.6) is 0 Å². The molecular weight excluding hydrogens is 240 g/mol. The maximum atomic E-state index is 2.71. The lowest BCUT2D eigenvalue weighted by Gasteiger charge is -2.51. The topological polar surface area (TPSA) is 0 Å². The van der Waals surface area contributed by atoms with Crippen molar-refractivity contribution in [2.24, 2.45) is 45.8 Å². The Labute approximate surface area is 126 Å². The summed E-state index contributed by atoms with van der Waals surface area (Å²) in [5.41, 5.74) is 1.99. The second kappa shape index (κ2) is 3.85. The summed E-state index contributed by atoms with van der Waals surface area (Å²) in [4.78, 5) is 0. The van der Waals surface area contributed by atoms with Gasteiger partial charge < -0.3 is 0 Å². The number of rotatable bonds is 0. The quantitative estimate of drug-likeness (QED) is 0.515. The van der Waals surface area contributed by atoms with Crippen LogP contribution in [0.2, 0.25) is 0 Å². The maximum absolute atomic E-state index is 2.71. The number of fused-ring (bicyclic) bond motifs is 3. The van der Waals surface area contributed by atoms with Crippen LogP contribution in [0.25, 0.3) is 0 Å². The van der Waals surface area contributed by atoms with E-state index in [9.17, 15) is 0 Å². The molecule has 0 radical (unpaired) electrons. The standard InChI is InChI=1S/C20H34/c1-13-11-20-12-15(13)7-8-16(20)19(5)10-6-9-18(3,4)17(19)14(20)2/h13-17H,6-12H2,1-5H3. The molecule has 0 saturated heterocycles. The zero-order chi connectivity index (χ0) is 14.3. The molecule has 0 heteroatoms. The molecular formula is C20H34. The van der Waals surface area contributed by atoms with Gasteiger partial charge in [0.25, 0.3) is 0 Å². The fourth-order valence-corrected chi connectivity index (χ4v) is 8.65. The minimum Gasteiger partial charge on any atom is -0.0622 e. The largest absolute Gasteiger partial charge is 0.0622 e. The van der Waals surface area contributed by atoms with Gasteiger partial charge in [0.2, 0.25) is 0 Å². The predicted molar refractivity (Wildman–Crippen MR) is 85.4 cm³/mol. The lowest BCUT2D eigenvalue weighted by Crippen LogP contribution is -2.43. The van der Waals surface area contributed by atoms with Gasteiger partial charge in [0, 0.05) is 0 Å². The third-order valence-corrected chi connectivity index (χ3v) is 8.96. The highest BCUT2D eigenvalue weighted by Gasteiger charge is 2.70. The van der Waals surface area contributed by atoms with Crippen molar-refractivity contribution in [3.05, 3.63) is 0 Å². The highest BCUT2D eigenvalue weighted by atomic mass is 14.7. The first-order valence-corrected chi connectivity index (χ1v) is 9.31. The Kier molecular flexibility index (Phi) is 2.63. The van der Waals surface area contributed by atoms with Crippen molar-refractivity contribution in [2.75, 3.05) is 0 Å². The minimum absolute atomic E-state index is 0.583. The molecule has 1 spiro atoms. The molecule has 20 heavy (non-hydrogen) atoms. The van der Waals surface area contributed by atoms with Gasteiger partial charge in [-0.1, -0.05) is 41.0 Å². The first-order valence-electron chi connectivity index (χ1n) is 9.31. The normalized spacial score (nSPS) is 60.1. The summed E-state index contributed by atoms with van der Waals surface area (Å²) < 4.78 is 0. The summed E-state index contributed by atoms with van der Waals surface area (Å²) in [7, 11) is 0. The molecule has 0 aromatic heterocycles. The molecule has 114 valence electrons. The van der Waals surface area contributed by atoms with E-state index in [4.69, 9.17) is 0 Å². The predicted octanol–water partition coefficient (Wildman–Crippen LogP) is 5.91. The van der Waals surface area contributed by atoms with E-state index >= 15 is 0 Å². The van der Waals surface area contributed by atoms with E-state index < -0.39 is 0 Å². The van der Waals surface area contributed by atoms with Crippen LogP contribution in [0.1, 0.15) is 79.6 Å². The van der Waals surface area contributed by atoms with Crippen LogP contribution < -0.4 is 0 Å². The van der Waals surface area contributed by atoms with E-state index in [-0.39, 0.29) is 0 Å². The molecule has 0 aromatic rings. The van der Waals surface area contributed by atoms with E-state index in [1.807, 2.05) is 0 Å². The summed E-state index contributed by atoms with van der Waals surface area (Å²) >= 11 is 0. The van der Waals surface area contributed by atoms with Crippen molar-refractivity contribution >= 4 is 0 Å². The summed E-state index contributed by atoms with van der Waals surface area (Å²) in [6, 6.07) is 0. The average molecular weight is 274 g/mol. The van der Waals surface area contributed by atoms with Crippen LogP contribution in [-0.4, -0.2) is 0 Å². The molecule has 0 heterocycles. The van der Waals surface area contributed by atoms with Gasteiger partial charge in [-0.05, 0) is 84.4 Å². The van der Waals surface area contributed by atoms with Crippen molar-refractivity contribution in [3.8, 4) is 0 Å². The summed E-state index contributed by atoms with van der Waals surface area (Å²) in [6.45, 7) is 13.1. The van der Waals surface area contributed by atoms with Crippen LogP contribution >= 0.6 is 0 Å². The third-order valence-electron chi connectivity index (χ3n) is 8.96. The number of hydrogen-bond acceptors (Lipinski definition) is 0. The molecule has 7 atom stereocenters. The second-order valence-electron chi connectivity index (χ2n) is 10.1. The Hall–Kier alpha value is 0. The first-order chi connectivity index (χ1) is 9.31. The SMILES string of the molecule is CC1CC23CC1CCC2C1(C)CCCC(C)(C)C1C3C. The first kappa shape index (κ1) is 13.6. The van der Waals surface area contributed by atoms with Gasteiger partial charge in [-0.25, -0.2) is 0 Å². The molecule has 4 saturated carbocycles. The van der Waals surface area contributed by atoms with Gasteiger partial charge in [0.15, 0.2) is 0 Å². The molecule has 4 aliphatic carbocycles. The molecule has 0 aliphatic heterocycles. The maximum Gasteiger partial charge on any atom is -0.0230 e. The minimum atomic E-state index is 0.583. The lowest BCUT2D eigenvalue weighted by molar-refractivity contribution is -0.0193. The highest BCUT2D eigenvalue weighted by Crippen LogP contribution is 2.77. The van der Waals surface area contributed by atoms with Gasteiger partial charge in [0.05, 0.1) is 0 Å². The van der Waals surface area contributed by atoms with Crippen LogP contribution in [0.15, 0.2) is 0 Å². The molecule has 0 aromatic carbocycles. The zero-order valence-corrected chi connectivity index (χ0v) is 14.3. The molecule has 0 N–H and O–H groups in total. The van der Waals surface area contributed by atoms with Crippen molar-refractivity contribution in [2.45, 2.75) is 79.6 Å². The van der Waals surface area contributed by atoms with E-state index in [1.165, 1.54) is 19.3 Å². The van der Waals surface area contributed by atoms with Gasteiger partial charge >= 0.3 is 0 Å². The smallest absolute Gasteiger partial charge is 0.0230 e. The van der Waals surface area contributed by atoms with Crippen LogP contribution in [-0.2, 0) is 0 Å². The monoisotopic (exact) mass is 274 g/mol. The van der Waals surface area contributed by atoms with Crippen molar-refractivity contribution in [1.82, 2.24) is 0 Å². The molecule has 0 amide bonds. The van der Waals surface area contributed by atoms with Crippen LogP contribution in [0.3, 0.4) is 0 Å². The van der Waals surface area contributed by atoms with Gasteiger partial charge in [-0.3, -0.25) is 0 Å². The van der Waals surface area contributed by atoms with Crippen LogP contribution in [0, 0.1) is 45.8 Å². The van der Waals surface area contributed by atoms with E-state index in [2.05, 4.69) is 34.6 Å². The Morgan fingerprint density at radius 3 is 2.40 bits per heavy atom. The van der Waals surface area contributed by atoms with Crippen molar-refractivity contribution < 1.29 is 0 Å². The second-order valence-corrected chi connectivity index (χ2v) is 10.1. The van der Waals surface area contributed by atoms with Crippen molar-refractivity contribution in [3.63, 3.8) is 0 Å². The van der Waals surface area contributed by atoms with Crippen LogP contribution in [0.4, 0.5) is 0 Å². The molecule has 2 bridgehead atoms. The summed E-state index contributed by atoms with van der Waals surface area (Å²) in [5, 5.41) is 0. The molecule has 7 unspecified atom stereocenters. The molecule has 4 fully saturated rings. The third kappa shape index (κ3) is 1.40. The Morgan fingerprint density at radius 1 is 0.900 bits per heavy atom. The molecule has 4 rings (SSSR count). The highest BCUT2D eigenvalue weighted by molar-refractivity contribution is 5.18. The summed E-state index contributed by atoms with van der Waals surface area (Å²) in [6.07, 6.45) is 10.7. The fourth-order valence-electron chi connectivity index (χ4n) is 8.65. The average Bonchev–Trinajstić information content (AvgIpc) is 2.71. The van der Waals surface area contributed by atoms with E-state index in [0.717, 1.165) is 35.0 Å². The lowest BCUT2D eigenvalue weighted by atomic mass is 9.54. The molecule has 4 aliphatic rings. The van der Waals surface area contributed by atoms with Gasteiger partial charge in [-0.2, -0.15) is 0 Å². The fraction of sp³-hybridized carbons (Fsp3) is 1.00. The Bertz CT molecular complexity index is 418. The Balaban J connectivity index is 1.83. The Morgan fingerprint density at radius 2 is 1.65 bits per heavy atom.